The van der Waals surface area contributed by atoms with Crippen molar-refractivity contribution in [1.82, 2.24) is 0 Å². The molecule has 0 aliphatic heterocycles. The van der Waals surface area contributed by atoms with Gasteiger partial charge in [-0.1, -0.05) is 23.2 Å². The summed E-state index contributed by atoms with van der Waals surface area (Å²) < 4.78 is 15.2. The average molecular weight is 236 g/mol. The van der Waals surface area contributed by atoms with E-state index in [4.69, 9.17) is 37.4 Å². The Hall–Kier alpha value is -0.800. The van der Waals surface area contributed by atoms with Gasteiger partial charge in [0, 0.05) is 6.07 Å². The van der Waals surface area contributed by atoms with Gasteiger partial charge in [0.25, 0.3) is 0 Å². The van der Waals surface area contributed by atoms with Gasteiger partial charge in [-0.15, -0.1) is 0 Å². The van der Waals surface area contributed by atoms with E-state index in [0.29, 0.717) is 17.2 Å². The molecule has 77 valence electrons. The molecule has 0 aliphatic carbocycles. The van der Waals surface area contributed by atoms with Gasteiger partial charge >= 0.3 is 0 Å². The minimum atomic E-state index is 0.259. The molecule has 0 spiro atoms. The van der Waals surface area contributed by atoms with Gasteiger partial charge in [-0.05, 0) is 0 Å². The Bertz CT molecular complexity index is 311. The Morgan fingerprint density at radius 2 is 1.14 bits per heavy atom. The molecule has 0 N–H and O–H groups in total. The number of ether oxygens (including phenoxy) is 3. The van der Waals surface area contributed by atoms with Crippen LogP contribution in [0.25, 0.3) is 0 Å². The molecule has 0 aromatic heterocycles. The fraction of sp³-hybridized carbons (Fsp3) is 0.333. The summed E-state index contributed by atoms with van der Waals surface area (Å²) >= 11 is 11.7. The van der Waals surface area contributed by atoms with Gasteiger partial charge in [-0.3, -0.25) is 0 Å². The quantitative estimate of drug-likeness (QED) is 0.807. The first kappa shape index (κ1) is 11.3. The number of methoxy groups -OCH3 is 3. The predicted octanol–water partition coefficient (Wildman–Crippen LogP) is 2.82. The van der Waals surface area contributed by atoms with E-state index in [2.05, 4.69) is 6.07 Å². The van der Waals surface area contributed by atoms with E-state index >= 15 is 0 Å². The molecule has 0 bridgehead atoms. The lowest BCUT2D eigenvalue weighted by atomic mass is 10.3. The minimum absolute atomic E-state index is 0.259. The molecule has 0 heterocycles. The van der Waals surface area contributed by atoms with Gasteiger partial charge in [0.2, 0.25) is 5.75 Å². The highest BCUT2D eigenvalue weighted by atomic mass is 35.5. The van der Waals surface area contributed by atoms with E-state index in [0.717, 1.165) is 0 Å². The second-order valence-electron chi connectivity index (χ2n) is 2.35. The number of rotatable bonds is 3. The van der Waals surface area contributed by atoms with Crippen LogP contribution in [0, 0.1) is 6.07 Å². The summed E-state index contributed by atoms with van der Waals surface area (Å²) in [5, 5.41) is 0.519. The summed E-state index contributed by atoms with van der Waals surface area (Å²) in [5.41, 5.74) is 0. The van der Waals surface area contributed by atoms with Gasteiger partial charge in [0.15, 0.2) is 11.5 Å². The highest BCUT2D eigenvalue weighted by Gasteiger charge is 2.18. The molecule has 5 heteroatoms. The molecule has 1 rings (SSSR count). The molecule has 0 aliphatic rings. The summed E-state index contributed by atoms with van der Waals surface area (Å²) in [7, 11) is 4.43. The maximum Gasteiger partial charge on any atom is 0.206 e. The van der Waals surface area contributed by atoms with Crippen molar-refractivity contribution >= 4 is 23.2 Å². The van der Waals surface area contributed by atoms with Crippen molar-refractivity contribution < 1.29 is 14.2 Å². The van der Waals surface area contributed by atoms with Crippen molar-refractivity contribution in [2.45, 2.75) is 0 Å². The topological polar surface area (TPSA) is 27.7 Å². The Morgan fingerprint density at radius 3 is 1.43 bits per heavy atom. The minimum Gasteiger partial charge on any atom is -0.491 e. The molecule has 14 heavy (non-hydrogen) atoms. The Morgan fingerprint density at radius 1 is 0.786 bits per heavy atom. The normalized spacial score (nSPS) is 9.79. The van der Waals surface area contributed by atoms with Gasteiger partial charge < -0.3 is 14.2 Å². The maximum absolute atomic E-state index is 5.84. The Labute approximate surface area is 92.5 Å². The van der Waals surface area contributed by atoms with E-state index in [1.54, 1.807) is 0 Å². The Kier molecular flexibility index (Phi) is 3.72. The molecular weight excluding hydrogens is 227 g/mol. The van der Waals surface area contributed by atoms with Crippen molar-refractivity contribution in [2.24, 2.45) is 0 Å². The van der Waals surface area contributed by atoms with Crippen LogP contribution in [0.3, 0.4) is 0 Å². The van der Waals surface area contributed by atoms with Crippen molar-refractivity contribution in [1.29, 1.82) is 0 Å². The summed E-state index contributed by atoms with van der Waals surface area (Å²) in [5.74, 6) is 1.08. The van der Waals surface area contributed by atoms with Crippen LogP contribution in [0.5, 0.6) is 17.2 Å². The van der Waals surface area contributed by atoms with Crippen LogP contribution in [0.15, 0.2) is 0 Å². The van der Waals surface area contributed by atoms with E-state index in [-0.39, 0.29) is 10.0 Å². The first-order chi connectivity index (χ1) is 6.65. The largest absolute Gasteiger partial charge is 0.491 e. The highest BCUT2D eigenvalue weighted by molar-refractivity contribution is 6.36. The molecule has 1 aromatic carbocycles. The van der Waals surface area contributed by atoms with E-state index < -0.39 is 0 Å². The molecule has 3 nitrogen and oxygen atoms in total. The van der Waals surface area contributed by atoms with Gasteiger partial charge in [0.05, 0.1) is 31.4 Å². The summed E-state index contributed by atoms with van der Waals surface area (Å²) in [6.45, 7) is 0. The molecule has 0 saturated heterocycles. The van der Waals surface area contributed by atoms with Crippen molar-refractivity contribution in [3.05, 3.63) is 16.1 Å². The van der Waals surface area contributed by atoms with Crippen LogP contribution in [0.2, 0.25) is 10.0 Å². The van der Waals surface area contributed by atoms with Crippen LogP contribution in [0.1, 0.15) is 0 Å². The van der Waals surface area contributed by atoms with Gasteiger partial charge in [0.1, 0.15) is 0 Å². The molecule has 0 saturated carbocycles. The fourth-order valence-electron chi connectivity index (χ4n) is 1.06. The van der Waals surface area contributed by atoms with Crippen LogP contribution in [-0.4, -0.2) is 21.3 Å². The smallest absolute Gasteiger partial charge is 0.206 e. The molecular formula is C9H9Cl2O3. The van der Waals surface area contributed by atoms with Crippen LogP contribution in [-0.2, 0) is 0 Å². The van der Waals surface area contributed by atoms with Crippen LogP contribution >= 0.6 is 23.2 Å². The number of hydrogen-bond donors (Lipinski definition) is 0. The first-order valence-corrected chi connectivity index (χ1v) is 4.47. The van der Waals surface area contributed by atoms with Crippen LogP contribution in [0.4, 0.5) is 0 Å². The maximum atomic E-state index is 5.84. The number of halogens is 2. The zero-order valence-corrected chi connectivity index (χ0v) is 9.49. The number of hydrogen-bond acceptors (Lipinski definition) is 3. The van der Waals surface area contributed by atoms with E-state index in [1.807, 2.05) is 0 Å². The summed E-state index contributed by atoms with van der Waals surface area (Å²) in [6.07, 6.45) is 0. The second kappa shape index (κ2) is 4.62. The lowest BCUT2D eigenvalue weighted by molar-refractivity contribution is 0.324. The number of benzene rings is 1. The lowest BCUT2D eigenvalue weighted by Crippen LogP contribution is -1.96. The summed E-state index contributed by atoms with van der Waals surface area (Å²) in [6, 6.07) is 2.68. The van der Waals surface area contributed by atoms with E-state index in [1.165, 1.54) is 21.3 Å². The van der Waals surface area contributed by atoms with Crippen molar-refractivity contribution in [2.75, 3.05) is 21.3 Å². The monoisotopic (exact) mass is 235 g/mol. The van der Waals surface area contributed by atoms with Gasteiger partial charge in [-0.25, -0.2) is 0 Å². The lowest BCUT2D eigenvalue weighted by Gasteiger charge is -2.13. The zero-order valence-electron chi connectivity index (χ0n) is 7.98. The SMILES string of the molecule is COc1c(Cl)[c]c(Cl)c(OC)c1OC. The molecule has 0 fully saturated rings. The highest BCUT2D eigenvalue weighted by Crippen LogP contribution is 2.46. The summed E-state index contributed by atoms with van der Waals surface area (Å²) in [4.78, 5) is 0. The van der Waals surface area contributed by atoms with E-state index in [9.17, 15) is 0 Å². The average Bonchev–Trinajstić information content (AvgIpc) is 2.16. The van der Waals surface area contributed by atoms with Crippen LogP contribution < -0.4 is 14.2 Å². The van der Waals surface area contributed by atoms with Crippen molar-refractivity contribution in [3.63, 3.8) is 0 Å². The molecule has 1 aromatic rings. The predicted molar refractivity (Wildman–Crippen MR) is 55.0 cm³/mol. The van der Waals surface area contributed by atoms with Crippen molar-refractivity contribution in [3.8, 4) is 17.2 Å². The zero-order chi connectivity index (χ0) is 10.7. The second-order valence-corrected chi connectivity index (χ2v) is 3.11. The molecule has 0 unspecified atom stereocenters. The third kappa shape index (κ3) is 1.83. The molecule has 0 amide bonds. The third-order valence-corrected chi connectivity index (χ3v) is 2.18. The first-order valence-electron chi connectivity index (χ1n) is 3.72. The molecule has 0 atom stereocenters. The standard InChI is InChI=1S/C9H9Cl2O3/c1-12-7-5(10)4-6(11)8(13-2)9(7)14-3/h1-3H3. The third-order valence-electron chi connectivity index (χ3n) is 1.64. The molecule has 1 radical (unpaired) electrons. The van der Waals surface area contributed by atoms with Gasteiger partial charge in [-0.2, -0.15) is 0 Å². The Balaban J connectivity index is 3.43. The fourth-order valence-corrected chi connectivity index (χ4v) is 1.63.